The monoisotopic (exact) mass is 323 g/mol. The van der Waals surface area contributed by atoms with Gasteiger partial charge in [0.25, 0.3) is 0 Å². The van der Waals surface area contributed by atoms with Crippen molar-refractivity contribution in [2.24, 2.45) is 0 Å². The highest BCUT2D eigenvalue weighted by Gasteiger charge is 2.45. The average Bonchev–Trinajstić information content (AvgIpc) is 3.36. The molecule has 0 radical (unpaired) electrons. The summed E-state index contributed by atoms with van der Waals surface area (Å²) < 4.78 is 26.9. The van der Waals surface area contributed by atoms with E-state index in [0.717, 1.165) is 16.5 Å². The number of nitrogens with zero attached hydrogens (tertiary/aromatic N) is 1. The van der Waals surface area contributed by atoms with Gasteiger partial charge >= 0.3 is 0 Å². The van der Waals surface area contributed by atoms with Crippen LogP contribution < -0.4 is 0 Å². The molecule has 1 aliphatic rings. The molecule has 3 aromatic rings. The molecule has 2 unspecified atom stereocenters. The van der Waals surface area contributed by atoms with Crippen molar-refractivity contribution in [2.45, 2.75) is 17.9 Å². The van der Waals surface area contributed by atoms with E-state index in [1.165, 1.54) is 5.39 Å². The van der Waals surface area contributed by atoms with E-state index in [-0.39, 0.29) is 6.04 Å². The van der Waals surface area contributed by atoms with Crippen molar-refractivity contribution in [3.63, 3.8) is 0 Å². The quantitative estimate of drug-likeness (QED) is 0.686. The van der Waals surface area contributed by atoms with Crippen LogP contribution in [-0.4, -0.2) is 19.3 Å². The van der Waals surface area contributed by atoms with Crippen LogP contribution in [0.1, 0.15) is 17.2 Å². The number of aryl methyl sites for hydroxylation is 1. The van der Waals surface area contributed by atoms with Gasteiger partial charge in [0.1, 0.15) is 0 Å². The van der Waals surface area contributed by atoms with Crippen LogP contribution in [0.15, 0.2) is 71.6 Å². The third-order valence-electron chi connectivity index (χ3n) is 4.35. The number of hydrogen-bond acceptors (Lipinski definition) is 2. The summed E-state index contributed by atoms with van der Waals surface area (Å²) in [6.45, 7) is 2.50. The molecule has 3 nitrogen and oxygen atoms in total. The fourth-order valence-corrected chi connectivity index (χ4v) is 4.47. The molecule has 1 aliphatic heterocycles. The van der Waals surface area contributed by atoms with E-state index in [0.29, 0.717) is 11.4 Å². The molecule has 1 heterocycles. The fourth-order valence-electron chi connectivity index (χ4n) is 2.92. The Morgan fingerprint density at radius 2 is 1.61 bits per heavy atom. The highest BCUT2D eigenvalue weighted by Crippen LogP contribution is 2.41. The molecule has 0 aliphatic carbocycles. The van der Waals surface area contributed by atoms with Crippen molar-refractivity contribution >= 4 is 20.8 Å². The van der Waals surface area contributed by atoms with Gasteiger partial charge in [-0.15, -0.1) is 0 Å². The van der Waals surface area contributed by atoms with Gasteiger partial charge in [-0.2, -0.15) is 4.31 Å². The van der Waals surface area contributed by atoms with Crippen LogP contribution in [0.2, 0.25) is 0 Å². The van der Waals surface area contributed by atoms with Crippen LogP contribution >= 0.6 is 0 Å². The molecule has 2 atom stereocenters. The third-order valence-corrected chi connectivity index (χ3v) is 6.24. The van der Waals surface area contributed by atoms with Crippen molar-refractivity contribution in [2.75, 3.05) is 6.54 Å². The predicted octanol–water partition coefficient (Wildman–Crippen LogP) is 3.89. The minimum atomic E-state index is -3.40. The number of hydrogen-bond donors (Lipinski definition) is 0. The first-order valence-corrected chi connectivity index (χ1v) is 9.07. The van der Waals surface area contributed by atoms with Crippen molar-refractivity contribution in [3.05, 3.63) is 77.9 Å². The van der Waals surface area contributed by atoms with Gasteiger partial charge in [0.05, 0.1) is 10.9 Å². The number of fused-ring (bicyclic) bond motifs is 1. The van der Waals surface area contributed by atoms with Gasteiger partial charge in [-0.3, -0.25) is 0 Å². The van der Waals surface area contributed by atoms with Crippen molar-refractivity contribution < 1.29 is 8.42 Å². The molecular weight excluding hydrogens is 306 g/mol. The van der Waals surface area contributed by atoms with Crippen molar-refractivity contribution in [1.82, 2.24) is 4.31 Å². The van der Waals surface area contributed by atoms with Crippen LogP contribution in [0.5, 0.6) is 0 Å². The first-order chi connectivity index (χ1) is 11.1. The SMILES string of the molecule is Cc1ccc(S(=O)(=O)N2CC2c2ccc3ccccc3c2)cc1. The molecule has 0 aromatic heterocycles. The summed E-state index contributed by atoms with van der Waals surface area (Å²) >= 11 is 0. The maximum Gasteiger partial charge on any atom is 0.243 e. The summed E-state index contributed by atoms with van der Waals surface area (Å²) in [5.74, 6) is 0. The normalized spacial score (nSPS) is 20.6. The number of benzene rings is 3. The van der Waals surface area contributed by atoms with E-state index in [1.807, 2.05) is 37.3 Å². The summed E-state index contributed by atoms with van der Waals surface area (Å²) in [7, 11) is -3.40. The van der Waals surface area contributed by atoms with Crippen LogP contribution in [0.3, 0.4) is 0 Å². The molecule has 1 fully saturated rings. The summed E-state index contributed by atoms with van der Waals surface area (Å²) in [5, 5.41) is 2.31. The van der Waals surface area contributed by atoms with Gasteiger partial charge in [-0.05, 0) is 41.5 Å². The van der Waals surface area contributed by atoms with E-state index in [1.54, 1.807) is 16.4 Å². The maximum atomic E-state index is 12.7. The molecule has 23 heavy (non-hydrogen) atoms. The molecule has 4 heteroatoms. The van der Waals surface area contributed by atoms with Gasteiger partial charge in [0.15, 0.2) is 0 Å². The largest absolute Gasteiger partial charge is 0.243 e. The van der Waals surface area contributed by atoms with E-state index in [9.17, 15) is 8.42 Å². The number of sulfonamides is 1. The van der Waals surface area contributed by atoms with Gasteiger partial charge in [-0.1, -0.05) is 54.1 Å². The minimum Gasteiger partial charge on any atom is -0.207 e. The Hall–Kier alpha value is -2.17. The van der Waals surface area contributed by atoms with Crippen LogP contribution in [0.25, 0.3) is 10.8 Å². The van der Waals surface area contributed by atoms with Gasteiger partial charge in [0, 0.05) is 6.54 Å². The van der Waals surface area contributed by atoms with Crippen LogP contribution in [0, 0.1) is 6.92 Å². The second-order valence-corrected chi connectivity index (χ2v) is 7.90. The molecule has 0 bridgehead atoms. The maximum absolute atomic E-state index is 12.7. The molecule has 0 spiro atoms. The Morgan fingerprint density at radius 3 is 2.35 bits per heavy atom. The molecule has 0 amide bonds. The van der Waals surface area contributed by atoms with E-state index >= 15 is 0 Å². The molecule has 3 aromatic carbocycles. The molecule has 4 rings (SSSR count). The minimum absolute atomic E-state index is 0.0501. The van der Waals surface area contributed by atoms with Gasteiger partial charge in [-0.25, -0.2) is 8.42 Å². The van der Waals surface area contributed by atoms with Crippen LogP contribution in [0.4, 0.5) is 0 Å². The van der Waals surface area contributed by atoms with Crippen molar-refractivity contribution in [1.29, 1.82) is 0 Å². The number of rotatable bonds is 3. The summed E-state index contributed by atoms with van der Waals surface area (Å²) in [4.78, 5) is 0.367. The Balaban J connectivity index is 1.64. The summed E-state index contributed by atoms with van der Waals surface area (Å²) in [6.07, 6.45) is 0. The first kappa shape index (κ1) is 14.4. The molecule has 0 saturated carbocycles. The molecule has 0 N–H and O–H groups in total. The van der Waals surface area contributed by atoms with E-state index in [4.69, 9.17) is 0 Å². The lowest BCUT2D eigenvalue weighted by molar-refractivity contribution is 0.554. The fraction of sp³-hybridized carbons (Fsp3) is 0.158. The smallest absolute Gasteiger partial charge is 0.207 e. The molecule has 1 saturated heterocycles. The Bertz CT molecular complexity index is 978. The third kappa shape index (κ3) is 2.54. The van der Waals surface area contributed by atoms with Crippen LogP contribution in [-0.2, 0) is 10.0 Å². The highest BCUT2D eigenvalue weighted by atomic mass is 32.2. The van der Waals surface area contributed by atoms with Crippen molar-refractivity contribution in [3.8, 4) is 0 Å². The Kier molecular flexibility index (Phi) is 3.25. The average molecular weight is 323 g/mol. The van der Waals surface area contributed by atoms with Gasteiger partial charge in [0.2, 0.25) is 10.0 Å². The second-order valence-electron chi connectivity index (χ2n) is 6.01. The lowest BCUT2D eigenvalue weighted by Gasteiger charge is -2.07. The zero-order chi connectivity index (χ0) is 16.0. The lowest BCUT2D eigenvalue weighted by atomic mass is 10.1. The second kappa shape index (κ2) is 5.18. The molecular formula is C19H17NO2S. The van der Waals surface area contributed by atoms with E-state index in [2.05, 4.69) is 24.3 Å². The highest BCUT2D eigenvalue weighted by molar-refractivity contribution is 7.89. The van der Waals surface area contributed by atoms with Gasteiger partial charge < -0.3 is 0 Å². The standard InChI is InChI=1S/C19H17NO2S/c1-14-6-10-18(11-7-14)23(21,22)20-13-19(20)17-9-8-15-4-2-3-5-16(15)12-17/h2-12,19H,13H2,1H3. The Morgan fingerprint density at radius 1 is 0.913 bits per heavy atom. The summed E-state index contributed by atoms with van der Waals surface area (Å²) in [6, 6.07) is 21.3. The zero-order valence-corrected chi connectivity index (χ0v) is 13.6. The topological polar surface area (TPSA) is 37.1 Å². The Labute approximate surface area is 136 Å². The first-order valence-electron chi connectivity index (χ1n) is 7.63. The summed E-state index contributed by atoms with van der Waals surface area (Å²) in [5.41, 5.74) is 2.11. The molecule has 116 valence electrons. The predicted molar refractivity (Wildman–Crippen MR) is 91.8 cm³/mol. The lowest BCUT2D eigenvalue weighted by Crippen LogP contribution is -2.12. The van der Waals surface area contributed by atoms with E-state index < -0.39 is 10.0 Å². The zero-order valence-electron chi connectivity index (χ0n) is 12.8.